The Morgan fingerprint density at radius 1 is 1.12 bits per heavy atom. The Kier molecular flexibility index (Phi) is 6.26. The predicted octanol–water partition coefficient (Wildman–Crippen LogP) is 4.45. The zero-order valence-corrected chi connectivity index (χ0v) is 14.8. The van der Waals surface area contributed by atoms with Gasteiger partial charge in [-0.15, -0.1) is 0 Å². The van der Waals surface area contributed by atoms with Crippen LogP contribution in [0.5, 0.6) is 0 Å². The van der Waals surface area contributed by atoms with Gasteiger partial charge in [0.1, 0.15) is 0 Å². The van der Waals surface area contributed by atoms with Gasteiger partial charge in [-0.1, -0.05) is 17.7 Å². The van der Waals surface area contributed by atoms with Gasteiger partial charge in [-0.3, -0.25) is 9.59 Å². The van der Waals surface area contributed by atoms with Gasteiger partial charge in [-0.05, 0) is 36.8 Å². The Hall–Kier alpha value is -2.54. The second-order valence-corrected chi connectivity index (χ2v) is 5.98. The standard InChI is InChI=1S/C18H16ClF3N2O2/c1-10-12(19)4-3-5-15(10)24(11(2)25)9-8-16(26)23-14-7-6-13(20)17(21)18(14)22/h3-7H,8-9H2,1-2H3,(H,23,26). The normalized spacial score (nSPS) is 10.5. The first-order chi connectivity index (χ1) is 12.2. The molecule has 0 aliphatic carbocycles. The van der Waals surface area contributed by atoms with E-state index in [0.717, 1.165) is 6.07 Å². The van der Waals surface area contributed by atoms with E-state index in [4.69, 9.17) is 11.6 Å². The number of carbonyl (C=O) groups excluding carboxylic acids is 2. The lowest BCUT2D eigenvalue weighted by molar-refractivity contribution is -0.117. The van der Waals surface area contributed by atoms with Crippen LogP contribution < -0.4 is 10.2 Å². The zero-order chi connectivity index (χ0) is 19.4. The van der Waals surface area contributed by atoms with Crippen LogP contribution in [0.3, 0.4) is 0 Å². The van der Waals surface area contributed by atoms with E-state index in [-0.39, 0.29) is 18.9 Å². The zero-order valence-electron chi connectivity index (χ0n) is 14.1. The highest BCUT2D eigenvalue weighted by Gasteiger charge is 2.18. The summed E-state index contributed by atoms with van der Waals surface area (Å²) in [6, 6.07) is 6.69. The smallest absolute Gasteiger partial charge is 0.226 e. The molecule has 1 N–H and O–H groups in total. The van der Waals surface area contributed by atoms with E-state index >= 15 is 0 Å². The summed E-state index contributed by atoms with van der Waals surface area (Å²) in [6.07, 6.45) is -0.177. The van der Waals surface area contributed by atoms with Gasteiger partial charge in [-0.2, -0.15) is 0 Å². The number of halogens is 4. The van der Waals surface area contributed by atoms with Gasteiger partial charge in [0.15, 0.2) is 17.5 Å². The van der Waals surface area contributed by atoms with Crippen LogP contribution in [0.1, 0.15) is 18.9 Å². The third-order valence-corrected chi connectivity index (χ3v) is 4.19. The molecule has 0 aliphatic heterocycles. The van der Waals surface area contributed by atoms with Crippen molar-refractivity contribution in [2.75, 3.05) is 16.8 Å². The van der Waals surface area contributed by atoms with E-state index in [2.05, 4.69) is 5.32 Å². The second kappa shape index (κ2) is 8.23. The predicted molar refractivity (Wildman–Crippen MR) is 93.8 cm³/mol. The fourth-order valence-corrected chi connectivity index (χ4v) is 2.55. The van der Waals surface area contributed by atoms with Crippen LogP contribution in [-0.2, 0) is 9.59 Å². The van der Waals surface area contributed by atoms with E-state index in [9.17, 15) is 22.8 Å². The lowest BCUT2D eigenvalue weighted by Crippen LogP contribution is -2.32. The first kappa shape index (κ1) is 19.8. The average Bonchev–Trinajstić information content (AvgIpc) is 2.59. The number of benzene rings is 2. The molecule has 138 valence electrons. The minimum Gasteiger partial charge on any atom is -0.323 e. The second-order valence-electron chi connectivity index (χ2n) is 5.58. The number of anilines is 2. The number of hydrogen-bond acceptors (Lipinski definition) is 2. The van der Waals surface area contributed by atoms with E-state index in [1.807, 2.05) is 0 Å². The quantitative estimate of drug-likeness (QED) is 0.774. The molecule has 0 fully saturated rings. The maximum absolute atomic E-state index is 13.6. The molecular weight excluding hydrogens is 369 g/mol. The molecule has 0 aromatic heterocycles. The molecule has 0 unspecified atom stereocenters. The Balaban J connectivity index is 2.10. The molecule has 0 spiro atoms. The number of carbonyl (C=O) groups is 2. The van der Waals surface area contributed by atoms with Crippen molar-refractivity contribution in [1.82, 2.24) is 0 Å². The van der Waals surface area contributed by atoms with E-state index in [0.29, 0.717) is 22.3 Å². The van der Waals surface area contributed by atoms with Crippen LogP contribution in [0.25, 0.3) is 0 Å². The minimum atomic E-state index is -1.66. The fraction of sp³-hybridized carbons (Fsp3) is 0.222. The number of nitrogens with zero attached hydrogens (tertiary/aromatic N) is 1. The van der Waals surface area contributed by atoms with Crippen LogP contribution in [0.15, 0.2) is 30.3 Å². The molecule has 0 heterocycles. The summed E-state index contributed by atoms with van der Waals surface area (Å²) in [5, 5.41) is 2.64. The van der Waals surface area contributed by atoms with Crippen LogP contribution in [0, 0.1) is 24.4 Å². The van der Waals surface area contributed by atoms with Crippen molar-refractivity contribution < 1.29 is 22.8 Å². The molecule has 0 atom stereocenters. The number of hydrogen-bond donors (Lipinski definition) is 1. The summed E-state index contributed by atoms with van der Waals surface area (Å²) in [4.78, 5) is 25.3. The summed E-state index contributed by atoms with van der Waals surface area (Å²) in [7, 11) is 0. The Morgan fingerprint density at radius 2 is 1.81 bits per heavy atom. The third kappa shape index (κ3) is 4.35. The van der Waals surface area contributed by atoms with Gasteiger partial charge in [-0.25, -0.2) is 13.2 Å². The van der Waals surface area contributed by atoms with Crippen molar-refractivity contribution in [2.24, 2.45) is 0 Å². The Morgan fingerprint density at radius 3 is 2.46 bits per heavy atom. The number of amides is 2. The maximum atomic E-state index is 13.6. The lowest BCUT2D eigenvalue weighted by atomic mass is 10.1. The maximum Gasteiger partial charge on any atom is 0.226 e. The molecule has 0 bridgehead atoms. The summed E-state index contributed by atoms with van der Waals surface area (Å²) in [5.74, 6) is -5.45. The monoisotopic (exact) mass is 384 g/mol. The summed E-state index contributed by atoms with van der Waals surface area (Å²) >= 11 is 6.05. The first-order valence-electron chi connectivity index (χ1n) is 7.69. The van der Waals surface area contributed by atoms with Crippen molar-refractivity contribution in [3.8, 4) is 0 Å². The van der Waals surface area contributed by atoms with Gasteiger partial charge < -0.3 is 10.2 Å². The van der Waals surface area contributed by atoms with Crippen molar-refractivity contribution in [3.63, 3.8) is 0 Å². The lowest BCUT2D eigenvalue weighted by Gasteiger charge is -2.23. The SMILES string of the molecule is CC(=O)N(CCC(=O)Nc1ccc(F)c(F)c1F)c1cccc(Cl)c1C. The van der Waals surface area contributed by atoms with Crippen molar-refractivity contribution in [1.29, 1.82) is 0 Å². The molecule has 0 radical (unpaired) electrons. The molecule has 8 heteroatoms. The largest absolute Gasteiger partial charge is 0.323 e. The molecule has 2 aromatic carbocycles. The van der Waals surface area contributed by atoms with Crippen LogP contribution in [-0.4, -0.2) is 18.4 Å². The Labute approximate surface area is 153 Å². The van der Waals surface area contributed by atoms with E-state index in [1.165, 1.54) is 11.8 Å². The number of nitrogens with one attached hydrogen (secondary N) is 1. The van der Waals surface area contributed by atoms with Gasteiger partial charge >= 0.3 is 0 Å². The molecule has 2 rings (SSSR count). The van der Waals surface area contributed by atoms with Crippen LogP contribution >= 0.6 is 11.6 Å². The van der Waals surface area contributed by atoms with Gasteiger partial charge in [0.2, 0.25) is 11.8 Å². The summed E-state index contributed by atoms with van der Waals surface area (Å²) in [6.45, 7) is 3.09. The molecule has 4 nitrogen and oxygen atoms in total. The minimum absolute atomic E-state index is 0.00758. The van der Waals surface area contributed by atoms with E-state index in [1.54, 1.807) is 25.1 Å². The fourth-order valence-electron chi connectivity index (χ4n) is 2.38. The van der Waals surface area contributed by atoms with Crippen LogP contribution in [0.2, 0.25) is 5.02 Å². The van der Waals surface area contributed by atoms with Crippen molar-refractivity contribution >= 4 is 34.8 Å². The third-order valence-electron chi connectivity index (χ3n) is 3.78. The highest BCUT2D eigenvalue weighted by molar-refractivity contribution is 6.31. The van der Waals surface area contributed by atoms with Crippen molar-refractivity contribution in [2.45, 2.75) is 20.3 Å². The number of rotatable bonds is 5. The van der Waals surface area contributed by atoms with Gasteiger partial charge in [0.25, 0.3) is 0 Å². The molecule has 2 aromatic rings. The first-order valence-corrected chi connectivity index (χ1v) is 8.06. The summed E-state index contributed by atoms with van der Waals surface area (Å²) < 4.78 is 39.7. The average molecular weight is 385 g/mol. The molecular formula is C18H16ClF3N2O2. The highest BCUT2D eigenvalue weighted by atomic mass is 35.5. The van der Waals surface area contributed by atoms with Gasteiger partial charge in [0, 0.05) is 30.6 Å². The van der Waals surface area contributed by atoms with Gasteiger partial charge in [0.05, 0.1) is 5.69 Å². The highest BCUT2D eigenvalue weighted by Crippen LogP contribution is 2.27. The van der Waals surface area contributed by atoms with Crippen LogP contribution in [0.4, 0.5) is 24.5 Å². The summed E-state index contributed by atoms with van der Waals surface area (Å²) in [5.41, 5.74) is 0.760. The molecule has 0 saturated carbocycles. The molecule has 26 heavy (non-hydrogen) atoms. The van der Waals surface area contributed by atoms with Crippen molar-refractivity contribution in [3.05, 3.63) is 58.4 Å². The Bertz CT molecular complexity index is 859. The topological polar surface area (TPSA) is 49.4 Å². The van der Waals surface area contributed by atoms with E-state index < -0.39 is 29.0 Å². The molecule has 2 amide bonds. The molecule has 0 saturated heterocycles. The molecule has 0 aliphatic rings.